The summed E-state index contributed by atoms with van der Waals surface area (Å²) < 4.78 is 6.22. The van der Waals surface area contributed by atoms with Gasteiger partial charge < -0.3 is 9.64 Å². The van der Waals surface area contributed by atoms with Crippen molar-refractivity contribution in [1.29, 1.82) is 0 Å². The number of para-hydroxylation sites is 4. The van der Waals surface area contributed by atoms with E-state index in [0.29, 0.717) is 17.5 Å². The number of hydrogen-bond acceptors (Lipinski definition) is 5. The monoisotopic (exact) mass is 606 g/mol. The molecule has 5 nitrogen and oxygen atoms in total. The van der Waals surface area contributed by atoms with Gasteiger partial charge in [-0.3, -0.25) is 0 Å². The quantitative estimate of drug-likeness (QED) is 0.199. The van der Waals surface area contributed by atoms with E-state index in [1.165, 1.54) is 22.3 Å². The van der Waals surface area contributed by atoms with Gasteiger partial charge in [-0.05, 0) is 76.9 Å². The lowest BCUT2D eigenvalue weighted by atomic mass is 9.82. The first-order valence-corrected chi connectivity index (χ1v) is 15.9. The van der Waals surface area contributed by atoms with Gasteiger partial charge in [-0.2, -0.15) is 0 Å². The van der Waals surface area contributed by atoms with Crippen LogP contribution in [-0.4, -0.2) is 15.0 Å². The van der Waals surface area contributed by atoms with Crippen LogP contribution < -0.4 is 9.64 Å². The molecule has 0 unspecified atom stereocenters. The normalized spacial score (nSPS) is 13.6. The summed E-state index contributed by atoms with van der Waals surface area (Å²) >= 11 is 0. The van der Waals surface area contributed by atoms with Gasteiger partial charge in [-0.15, -0.1) is 0 Å². The fourth-order valence-electron chi connectivity index (χ4n) is 6.94. The molecule has 5 heteroatoms. The number of aromatic nitrogens is 3. The highest BCUT2D eigenvalue weighted by Crippen LogP contribution is 2.51. The van der Waals surface area contributed by atoms with E-state index in [0.717, 1.165) is 45.3 Å². The number of anilines is 3. The Balaban J connectivity index is 1.15. The van der Waals surface area contributed by atoms with Crippen molar-refractivity contribution in [1.82, 2.24) is 15.0 Å². The Morgan fingerprint density at radius 3 is 1.66 bits per heavy atom. The van der Waals surface area contributed by atoms with E-state index >= 15 is 0 Å². The van der Waals surface area contributed by atoms with Crippen molar-refractivity contribution < 1.29 is 4.74 Å². The van der Waals surface area contributed by atoms with Crippen molar-refractivity contribution in [3.8, 4) is 56.8 Å². The van der Waals surface area contributed by atoms with Crippen LogP contribution in [0, 0.1) is 0 Å². The maximum absolute atomic E-state index is 6.22. The molecule has 1 aliphatic heterocycles. The Morgan fingerprint density at radius 1 is 0.468 bits per heavy atom. The van der Waals surface area contributed by atoms with E-state index in [1.807, 2.05) is 66.7 Å². The molecule has 224 valence electrons. The molecule has 6 aromatic carbocycles. The highest BCUT2D eigenvalue weighted by atomic mass is 16.5. The zero-order chi connectivity index (χ0) is 31.5. The second-order valence-electron chi connectivity index (χ2n) is 12.5. The average molecular weight is 607 g/mol. The Hall–Kier alpha value is -6.07. The topological polar surface area (TPSA) is 51.1 Å². The zero-order valence-electron chi connectivity index (χ0n) is 26.1. The largest absolute Gasteiger partial charge is 0.453 e. The van der Waals surface area contributed by atoms with Gasteiger partial charge in [0.05, 0.1) is 11.4 Å². The van der Waals surface area contributed by atoms with Crippen molar-refractivity contribution in [2.24, 2.45) is 0 Å². The van der Waals surface area contributed by atoms with Crippen molar-refractivity contribution >= 4 is 17.1 Å². The molecule has 2 heterocycles. The molecule has 0 amide bonds. The summed E-state index contributed by atoms with van der Waals surface area (Å²) in [4.78, 5) is 17.3. The van der Waals surface area contributed by atoms with Crippen LogP contribution in [0.2, 0.25) is 0 Å². The molecule has 0 bridgehead atoms. The smallest absolute Gasteiger partial charge is 0.164 e. The molecule has 0 N–H and O–H groups in total. The molecule has 0 fully saturated rings. The summed E-state index contributed by atoms with van der Waals surface area (Å²) in [5.41, 5.74) is 10.9. The minimum absolute atomic E-state index is 0.118. The van der Waals surface area contributed by atoms with E-state index in [4.69, 9.17) is 19.7 Å². The summed E-state index contributed by atoms with van der Waals surface area (Å²) in [6.45, 7) is 4.59. The number of rotatable bonds is 4. The van der Waals surface area contributed by atoms with Crippen LogP contribution in [0.1, 0.15) is 25.0 Å². The second-order valence-corrected chi connectivity index (χ2v) is 12.5. The van der Waals surface area contributed by atoms with Crippen LogP contribution in [0.4, 0.5) is 17.1 Å². The zero-order valence-corrected chi connectivity index (χ0v) is 26.1. The van der Waals surface area contributed by atoms with Crippen molar-refractivity contribution in [3.05, 3.63) is 157 Å². The van der Waals surface area contributed by atoms with E-state index in [9.17, 15) is 0 Å². The van der Waals surface area contributed by atoms with Crippen molar-refractivity contribution in [2.45, 2.75) is 19.3 Å². The Bertz CT molecular complexity index is 2270. The minimum atomic E-state index is -0.118. The lowest BCUT2D eigenvalue weighted by molar-refractivity contribution is 0.477. The lowest BCUT2D eigenvalue weighted by Crippen LogP contribution is -2.15. The summed E-state index contributed by atoms with van der Waals surface area (Å²) in [5, 5.41) is 0. The molecule has 7 aromatic rings. The van der Waals surface area contributed by atoms with Gasteiger partial charge >= 0.3 is 0 Å². The second kappa shape index (κ2) is 10.5. The van der Waals surface area contributed by atoms with Gasteiger partial charge in [-0.1, -0.05) is 105 Å². The Labute approximate surface area is 273 Å². The first-order chi connectivity index (χ1) is 23.0. The minimum Gasteiger partial charge on any atom is -0.453 e. The van der Waals surface area contributed by atoms with Crippen LogP contribution in [0.15, 0.2) is 146 Å². The predicted octanol–water partition coefficient (Wildman–Crippen LogP) is 10.8. The van der Waals surface area contributed by atoms with Crippen LogP contribution >= 0.6 is 0 Å². The van der Waals surface area contributed by atoms with Gasteiger partial charge in [-0.25, -0.2) is 15.0 Å². The van der Waals surface area contributed by atoms with Gasteiger partial charge in [0, 0.05) is 27.8 Å². The maximum atomic E-state index is 6.22. The van der Waals surface area contributed by atoms with Crippen LogP contribution in [0.25, 0.3) is 45.3 Å². The number of fused-ring (bicyclic) bond motifs is 5. The van der Waals surface area contributed by atoms with Gasteiger partial charge in [0.25, 0.3) is 0 Å². The summed E-state index contributed by atoms with van der Waals surface area (Å²) in [7, 11) is 0. The highest BCUT2D eigenvalue weighted by Gasteiger charge is 2.35. The number of nitrogens with zero attached hydrogens (tertiary/aromatic N) is 4. The number of hydrogen-bond donors (Lipinski definition) is 0. The Kier molecular flexibility index (Phi) is 6.09. The third-order valence-corrected chi connectivity index (χ3v) is 9.33. The maximum Gasteiger partial charge on any atom is 0.164 e. The van der Waals surface area contributed by atoms with Crippen molar-refractivity contribution in [3.63, 3.8) is 0 Å². The van der Waals surface area contributed by atoms with Crippen LogP contribution in [-0.2, 0) is 5.41 Å². The molecule has 47 heavy (non-hydrogen) atoms. The number of ether oxygens (including phenoxy) is 1. The SMILES string of the molecule is CC1(C)c2ccccc2-c2ccc(-c3nc(-c4ccccc4)nc(-c4ccc(N5c6ccccc6Oc6ccccc65)cc4)n3)cc21. The highest BCUT2D eigenvalue weighted by molar-refractivity contribution is 5.87. The summed E-state index contributed by atoms with van der Waals surface area (Å²) in [5.74, 6) is 3.58. The van der Waals surface area contributed by atoms with Crippen LogP contribution in [0.5, 0.6) is 11.5 Å². The van der Waals surface area contributed by atoms with Gasteiger partial charge in [0.1, 0.15) is 0 Å². The first kappa shape index (κ1) is 27.3. The Morgan fingerprint density at radius 2 is 0.979 bits per heavy atom. The molecule has 1 aromatic heterocycles. The number of benzene rings is 6. The van der Waals surface area contributed by atoms with Gasteiger partial charge in [0.2, 0.25) is 0 Å². The average Bonchev–Trinajstić information content (AvgIpc) is 3.36. The molecule has 0 radical (unpaired) electrons. The molecule has 2 aliphatic rings. The van der Waals surface area contributed by atoms with Crippen LogP contribution in [0.3, 0.4) is 0 Å². The van der Waals surface area contributed by atoms with Crippen molar-refractivity contribution in [2.75, 3.05) is 4.90 Å². The lowest BCUT2D eigenvalue weighted by Gasteiger charge is -2.32. The molecule has 0 atom stereocenters. The van der Waals surface area contributed by atoms with Gasteiger partial charge in [0.15, 0.2) is 29.0 Å². The van der Waals surface area contributed by atoms with E-state index in [-0.39, 0.29) is 5.41 Å². The fourth-order valence-corrected chi connectivity index (χ4v) is 6.94. The third-order valence-electron chi connectivity index (χ3n) is 9.33. The molecule has 0 saturated carbocycles. The molecular weight excluding hydrogens is 576 g/mol. The molecule has 0 spiro atoms. The van der Waals surface area contributed by atoms with E-state index < -0.39 is 0 Å². The fraction of sp³-hybridized carbons (Fsp3) is 0.0714. The standard InChI is InChI=1S/C42H30N4O/c1-42(2)33-15-7-6-14-31(33)32-25-22-29(26-34(32)42)41-44-39(27-12-4-3-5-13-27)43-40(45-41)28-20-23-30(24-21-28)46-35-16-8-10-18-37(35)47-38-19-11-9-17-36(38)46/h3-26H,1-2H3. The first-order valence-electron chi connectivity index (χ1n) is 15.9. The van der Waals surface area contributed by atoms with E-state index in [2.05, 4.69) is 97.6 Å². The third kappa shape index (κ3) is 4.43. The molecular formula is C42H30N4O. The molecule has 9 rings (SSSR count). The predicted molar refractivity (Wildman–Crippen MR) is 188 cm³/mol. The summed E-state index contributed by atoms with van der Waals surface area (Å²) in [6.07, 6.45) is 0. The molecule has 1 aliphatic carbocycles. The van der Waals surface area contributed by atoms with E-state index in [1.54, 1.807) is 0 Å². The summed E-state index contributed by atoms with van der Waals surface area (Å²) in [6, 6.07) is 50.1. The molecule has 0 saturated heterocycles.